The van der Waals surface area contributed by atoms with Crippen LogP contribution in [0.5, 0.6) is 5.75 Å². The molecule has 2 rings (SSSR count). The molecular formula is C17H26N2O3. The molecule has 0 aromatic heterocycles. The Morgan fingerprint density at radius 3 is 2.50 bits per heavy atom. The summed E-state index contributed by atoms with van der Waals surface area (Å²) >= 11 is 0. The molecular weight excluding hydrogens is 280 g/mol. The monoisotopic (exact) mass is 306 g/mol. The zero-order chi connectivity index (χ0) is 16.0. The van der Waals surface area contributed by atoms with Crippen molar-refractivity contribution in [1.82, 2.24) is 5.32 Å². The molecule has 1 fully saturated rings. The van der Waals surface area contributed by atoms with E-state index in [1.807, 2.05) is 32.9 Å². The Balaban J connectivity index is 1.66. The Labute approximate surface area is 132 Å². The Bertz CT molecular complexity index is 476. The van der Waals surface area contributed by atoms with Gasteiger partial charge in [0.1, 0.15) is 18.0 Å². The van der Waals surface area contributed by atoms with E-state index >= 15 is 0 Å². The summed E-state index contributed by atoms with van der Waals surface area (Å²) in [4.78, 5) is 11.6. The predicted octanol–water partition coefficient (Wildman–Crippen LogP) is 3.41. The molecule has 0 unspecified atom stereocenters. The Kier molecular flexibility index (Phi) is 5.66. The van der Waals surface area contributed by atoms with Crippen molar-refractivity contribution < 1.29 is 14.3 Å². The van der Waals surface area contributed by atoms with Gasteiger partial charge < -0.3 is 14.8 Å². The van der Waals surface area contributed by atoms with Crippen LogP contribution in [0.15, 0.2) is 24.3 Å². The molecule has 1 aromatic rings. The van der Waals surface area contributed by atoms with Gasteiger partial charge in [-0.1, -0.05) is 0 Å². The highest BCUT2D eigenvalue weighted by molar-refractivity contribution is 5.84. The summed E-state index contributed by atoms with van der Waals surface area (Å²) in [6, 6.07) is 7.29. The molecule has 0 heterocycles. The van der Waals surface area contributed by atoms with Gasteiger partial charge >= 0.3 is 6.09 Å². The number of rotatable bonds is 7. The van der Waals surface area contributed by atoms with Gasteiger partial charge in [-0.2, -0.15) is 0 Å². The molecule has 1 amide bonds. The minimum absolute atomic E-state index is 0.453. The molecule has 1 aromatic carbocycles. The topological polar surface area (TPSA) is 59.6 Å². The van der Waals surface area contributed by atoms with Gasteiger partial charge in [-0.25, -0.2) is 4.79 Å². The van der Waals surface area contributed by atoms with E-state index in [1.165, 1.54) is 12.8 Å². The lowest BCUT2D eigenvalue weighted by molar-refractivity contribution is 0.0636. The van der Waals surface area contributed by atoms with Crippen molar-refractivity contribution in [3.63, 3.8) is 0 Å². The molecule has 5 heteroatoms. The summed E-state index contributed by atoms with van der Waals surface area (Å²) < 4.78 is 10.8. The van der Waals surface area contributed by atoms with Crippen LogP contribution < -0.4 is 15.4 Å². The summed E-state index contributed by atoms with van der Waals surface area (Å²) in [6.45, 7) is 8.10. The molecule has 0 saturated heterocycles. The Hall–Kier alpha value is -1.75. The van der Waals surface area contributed by atoms with Crippen molar-refractivity contribution in [3.8, 4) is 5.75 Å². The third kappa shape index (κ3) is 6.80. The fraction of sp³-hybridized carbons (Fsp3) is 0.588. The first kappa shape index (κ1) is 16.6. The molecule has 122 valence electrons. The van der Waals surface area contributed by atoms with Crippen LogP contribution >= 0.6 is 0 Å². The maximum Gasteiger partial charge on any atom is 0.412 e. The lowest BCUT2D eigenvalue weighted by Crippen LogP contribution is -2.27. The average molecular weight is 306 g/mol. The molecule has 1 aliphatic carbocycles. The first-order valence-electron chi connectivity index (χ1n) is 7.86. The molecule has 5 nitrogen and oxygen atoms in total. The number of anilines is 1. The number of carbonyl (C=O) groups excluding carboxylic acids is 1. The zero-order valence-corrected chi connectivity index (χ0v) is 13.6. The molecule has 0 bridgehead atoms. The fourth-order valence-corrected chi connectivity index (χ4v) is 1.93. The van der Waals surface area contributed by atoms with Crippen LogP contribution in [0.2, 0.25) is 0 Å². The minimum atomic E-state index is -0.499. The largest absolute Gasteiger partial charge is 0.492 e. The van der Waals surface area contributed by atoms with Crippen LogP contribution in [-0.2, 0) is 4.74 Å². The van der Waals surface area contributed by atoms with Crippen LogP contribution in [0.4, 0.5) is 10.5 Å². The van der Waals surface area contributed by atoms with Gasteiger partial charge in [0.25, 0.3) is 0 Å². The lowest BCUT2D eigenvalue weighted by atomic mass is 10.2. The van der Waals surface area contributed by atoms with Crippen LogP contribution in [0.25, 0.3) is 0 Å². The van der Waals surface area contributed by atoms with Gasteiger partial charge in [-0.15, -0.1) is 0 Å². The standard InChI is InChI=1S/C17H26N2O3/c1-17(2,3)22-16(20)19-14-6-8-15(9-7-14)21-11-10-18-12-13-4-5-13/h6-9,13,18H,4-5,10-12H2,1-3H3,(H,19,20). The summed E-state index contributed by atoms with van der Waals surface area (Å²) in [5.74, 6) is 1.68. The van der Waals surface area contributed by atoms with Crippen LogP contribution in [0.3, 0.4) is 0 Å². The van der Waals surface area contributed by atoms with Gasteiger partial charge in [-0.05, 0) is 70.3 Å². The van der Waals surface area contributed by atoms with Crippen molar-refractivity contribution in [2.24, 2.45) is 5.92 Å². The molecule has 0 spiro atoms. The number of amides is 1. The summed E-state index contributed by atoms with van der Waals surface area (Å²) in [6.07, 6.45) is 2.27. The van der Waals surface area contributed by atoms with Crippen molar-refractivity contribution in [1.29, 1.82) is 0 Å². The highest BCUT2D eigenvalue weighted by atomic mass is 16.6. The summed E-state index contributed by atoms with van der Waals surface area (Å²) in [7, 11) is 0. The van der Waals surface area contributed by atoms with E-state index in [0.29, 0.717) is 12.3 Å². The number of carbonyl (C=O) groups is 1. The summed E-state index contributed by atoms with van der Waals surface area (Å²) in [5, 5.41) is 6.07. The van der Waals surface area contributed by atoms with E-state index in [-0.39, 0.29) is 0 Å². The van der Waals surface area contributed by atoms with E-state index in [4.69, 9.17) is 9.47 Å². The SMILES string of the molecule is CC(C)(C)OC(=O)Nc1ccc(OCCNCC2CC2)cc1. The maximum absolute atomic E-state index is 11.6. The average Bonchev–Trinajstić information content (AvgIpc) is 3.22. The van der Waals surface area contributed by atoms with Gasteiger partial charge in [0.2, 0.25) is 0 Å². The normalized spacial score (nSPS) is 14.5. The second-order valence-electron chi connectivity index (χ2n) is 6.65. The highest BCUT2D eigenvalue weighted by Crippen LogP contribution is 2.27. The van der Waals surface area contributed by atoms with Crippen molar-refractivity contribution >= 4 is 11.8 Å². The molecule has 2 N–H and O–H groups in total. The predicted molar refractivity (Wildman–Crippen MR) is 87.4 cm³/mol. The second kappa shape index (κ2) is 7.49. The third-order valence-electron chi connectivity index (χ3n) is 3.18. The number of ether oxygens (including phenoxy) is 2. The highest BCUT2D eigenvalue weighted by Gasteiger charge is 2.20. The number of hydrogen-bond donors (Lipinski definition) is 2. The quantitative estimate of drug-likeness (QED) is 0.758. The third-order valence-corrected chi connectivity index (χ3v) is 3.18. The van der Waals surface area contributed by atoms with Gasteiger partial charge in [0, 0.05) is 12.2 Å². The van der Waals surface area contributed by atoms with Crippen LogP contribution in [0, 0.1) is 5.92 Å². The van der Waals surface area contributed by atoms with E-state index in [2.05, 4.69) is 10.6 Å². The second-order valence-corrected chi connectivity index (χ2v) is 6.65. The number of hydrogen-bond acceptors (Lipinski definition) is 4. The van der Waals surface area contributed by atoms with E-state index in [0.717, 1.165) is 24.8 Å². The molecule has 0 aliphatic heterocycles. The van der Waals surface area contributed by atoms with Crippen molar-refractivity contribution in [2.75, 3.05) is 25.0 Å². The van der Waals surface area contributed by atoms with Gasteiger partial charge in [0.05, 0.1) is 0 Å². The Morgan fingerprint density at radius 1 is 1.23 bits per heavy atom. The van der Waals surface area contributed by atoms with Gasteiger partial charge in [-0.3, -0.25) is 5.32 Å². The first-order chi connectivity index (χ1) is 10.4. The Morgan fingerprint density at radius 2 is 1.91 bits per heavy atom. The molecule has 0 radical (unpaired) electrons. The molecule has 0 atom stereocenters. The summed E-state index contributed by atoms with van der Waals surface area (Å²) in [5.41, 5.74) is 0.189. The van der Waals surface area contributed by atoms with Gasteiger partial charge in [0.15, 0.2) is 0 Å². The molecule has 22 heavy (non-hydrogen) atoms. The van der Waals surface area contributed by atoms with E-state index in [1.54, 1.807) is 12.1 Å². The maximum atomic E-state index is 11.6. The fourth-order valence-electron chi connectivity index (χ4n) is 1.93. The van der Waals surface area contributed by atoms with Crippen LogP contribution in [0.1, 0.15) is 33.6 Å². The molecule has 1 aliphatic rings. The zero-order valence-electron chi connectivity index (χ0n) is 13.6. The van der Waals surface area contributed by atoms with Crippen molar-refractivity contribution in [2.45, 2.75) is 39.2 Å². The molecule has 1 saturated carbocycles. The number of benzene rings is 1. The van der Waals surface area contributed by atoms with Crippen molar-refractivity contribution in [3.05, 3.63) is 24.3 Å². The van der Waals surface area contributed by atoms with E-state index < -0.39 is 11.7 Å². The first-order valence-corrected chi connectivity index (χ1v) is 7.86. The van der Waals surface area contributed by atoms with Crippen LogP contribution in [-0.4, -0.2) is 31.4 Å². The number of nitrogens with one attached hydrogen (secondary N) is 2. The smallest absolute Gasteiger partial charge is 0.412 e. The lowest BCUT2D eigenvalue weighted by Gasteiger charge is -2.19. The minimum Gasteiger partial charge on any atom is -0.492 e. The van der Waals surface area contributed by atoms with E-state index in [9.17, 15) is 4.79 Å².